The molecule has 8 heteroatoms. The first-order chi connectivity index (χ1) is 12.9. The van der Waals surface area contributed by atoms with Crippen molar-refractivity contribution in [2.75, 3.05) is 19.6 Å². The lowest BCUT2D eigenvalue weighted by Crippen LogP contribution is -2.49. The fraction of sp³-hybridized carbons (Fsp3) is 0.579. The third-order valence-electron chi connectivity index (χ3n) is 5.73. The first kappa shape index (κ1) is 18.6. The second-order valence-electron chi connectivity index (χ2n) is 7.72. The molecule has 2 N–H and O–H groups in total. The molecule has 2 saturated heterocycles. The topological polar surface area (TPSA) is 57.2 Å². The van der Waals surface area contributed by atoms with Crippen molar-refractivity contribution in [1.29, 1.82) is 0 Å². The second kappa shape index (κ2) is 7.36. The molecule has 0 aromatic heterocycles. The monoisotopic (exact) mass is 395 g/mol. The van der Waals surface area contributed by atoms with Crippen LogP contribution in [0.4, 0.5) is 8.78 Å². The van der Waals surface area contributed by atoms with Crippen LogP contribution in [0.5, 0.6) is 0 Å². The first-order valence-corrected chi connectivity index (χ1v) is 9.79. The van der Waals surface area contributed by atoms with Gasteiger partial charge in [0.1, 0.15) is 11.7 Å². The van der Waals surface area contributed by atoms with Crippen LogP contribution in [0.15, 0.2) is 34.5 Å². The molecule has 0 radical (unpaired) electrons. The molecule has 146 valence electrons. The number of benzene rings is 1. The van der Waals surface area contributed by atoms with Crippen LogP contribution in [0.2, 0.25) is 5.02 Å². The molecule has 0 bridgehead atoms. The average Bonchev–Trinajstić information content (AvgIpc) is 3.20. The van der Waals surface area contributed by atoms with Gasteiger partial charge in [-0.15, -0.1) is 10.2 Å². The highest BCUT2D eigenvalue weighted by molar-refractivity contribution is 6.30. The quantitative estimate of drug-likeness (QED) is 0.855. The predicted octanol–water partition coefficient (Wildman–Crippen LogP) is 3.13. The van der Waals surface area contributed by atoms with Crippen molar-refractivity contribution >= 4 is 23.3 Å². The molecule has 3 heterocycles. The number of nitrogens with zero attached hydrogens (tertiary/aromatic N) is 4. The van der Waals surface area contributed by atoms with Gasteiger partial charge in [0, 0.05) is 36.6 Å². The van der Waals surface area contributed by atoms with E-state index in [2.05, 4.69) is 15.1 Å². The van der Waals surface area contributed by atoms with E-state index < -0.39 is 5.92 Å². The number of halogens is 3. The van der Waals surface area contributed by atoms with E-state index in [-0.39, 0.29) is 25.0 Å². The van der Waals surface area contributed by atoms with Gasteiger partial charge in [-0.1, -0.05) is 23.7 Å². The third-order valence-corrected chi connectivity index (χ3v) is 5.99. The zero-order chi connectivity index (χ0) is 19.0. The van der Waals surface area contributed by atoms with Crippen LogP contribution in [0.3, 0.4) is 0 Å². The van der Waals surface area contributed by atoms with Crippen LogP contribution in [0, 0.1) is 0 Å². The van der Waals surface area contributed by atoms with Crippen molar-refractivity contribution < 1.29 is 8.78 Å². The van der Waals surface area contributed by atoms with Gasteiger partial charge in [-0.2, -0.15) is 0 Å². The van der Waals surface area contributed by atoms with Gasteiger partial charge in [-0.3, -0.25) is 4.90 Å². The largest absolute Gasteiger partial charge is 0.385 e. The normalized spacial score (nSPS) is 26.3. The van der Waals surface area contributed by atoms with Gasteiger partial charge in [0.15, 0.2) is 0 Å². The molecule has 0 spiro atoms. The third kappa shape index (κ3) is 4.24. The van der Waals surface area contributed by atoms with E-state index in [1.165, 1.54) is 0 Å². The Labute approximate surface area is 162 Å². The summed E-state index contributed by atoms with van der Waals surface area (Å²) in [6, 6.07) is 7.55. The van der Waals surface area contributed by atoms with E-state index >= 15 is 0 Å². The molecule has 1 atom stereocenters. The van der Waals surface area contributed by atoms with Crippen LogP contribution in [-0.4, -0.2) is 59.1 Å². The average molecular weight is 396 g/mol. The molecule has 1 aromatic rings. The van der Waals surface area contributed by atoms with E-state index in [1.807, 2.05) is 29.2 Å². The SMILES string of the molecule is NC1=NN=C(N2CCC(N3CC(F)(F)C[C@@H]3Cc3ccc(Cl)cc3)CC2)C1. The van der Waals surface area contributed by atoms with Crippen molar-refractivity contribution in [1.82, 2.24) is 9.80 Å². The zero-order valence-electron chi connectivity index (χ0n) is 15.1. The summed E-state index contributed by atoms with van der Waals surface area (Å²) >= 11 is 5.94. The Morgan fingerprint density at radius 3 is 2.48 bits per heavy atom. The number of rotatable bonds is 3. The highest BCUT2D eigenvalue weighted by atomic mass is 35.5. The van der Waals surface area contributed by atoms with Crippen LogP contribution in [-0.2, 0) is 6.42 Å². The van der Waals surface area contributed by atoms with Gasteiger partial charge in [0.05, 0.1) is 13.0 Å². The zero-order valence-corrected chi connectivity index (χ0v) is 15.9. The van der Waals surface area contributed by atoms with E-state index in [4.69, 9.17) is 17.3 Å². The van der Waals surface area contributed by atoms with Crippen LogP contribution in [0.25, 0.3) is 0 Å². The molecule has 0 saturated carbocycles. The molecule has 1 aromatic carbocycles. The number of alkyl halides is 2. The Morgan fingerprint density at radius 1 is 1.15 bits per heavy atom. The van der Waals surface area contributed by atoms with Gasteiger partial charge in [-0.05, 0) is 37.0 Å². The summed E-state index contributed by atoms with van der Waals surface area (Å²) in [5.41, 5.74) is 6.75. The Hall–Kier alpha value is -1.73. The molecule has 4 rings (SSSR count). The summed E-state index contributed by atoms with van der Waals surface area (Å²) in [5, 5.41) is 8.69. The van der Waals surface area contributed by atoms with E-state index in [0.717, 1.165) is 37.3 Å². The summed E-state index contributed by atoms with van der Waals surface area (Å²) in [7, 11) is 0. The molecular weight excluding hydrogens is 372 g/mol. The van der Waals surface area contributed by atoms with Crippen LogP contribution in [0.1, 0.15) is 31.2 Å². The molecule has 0 unspecified atom stereocenters. The lowest BCUT2D eigenvalue weighted by atomic mass is 9.98. The summed E-state index contributed by atoms with van der Waals surface area (Å²) in [5.74, 6) is -1.18. The maximum absolute atomic E-state index is 14.2. The number of nitrogens with two attached hydrogens (primary N) is 1. The Bertz CT molecular complexity index is 741. The minimum atomic E-state index is -2.62. The van der Waals surface area contributed by atoms with E-state index in [1.54, 1.807) is 0 Å². The van der Waals surface area contributed by atoms with Crippen LogP contribution < -0.4 is 5.73 Å². The van der Waals surface area contributed by atoms with Gasteiger partial charge >= 0.3 is 0 Å². The van der Waals surface area contributed by atoms with Crippen molar-refractivity contribution in [3.8, 4) is 0 Å². The predicted molar refractivity (Wildman–Crippen MR) is 103 cm³/mol. The summed E-state index contributed by atoms with van der Waals surface area (Å²) in [6.07, 6.45) is 2.85. The molecule has 0 aliphatic carbocycles. The first-order valence-electron chi connectivity index (χ1n) is 9.41. The fourth-order valence-electron chi connectivity index (χ4n) is 4.42. The smallest absolute Gasteiger partial charge is 0.262 e. The maximum Gasteiger partial charge on any atom is 0.262 e. The molecule has 3 aliphatic rings. The number of piperidine rings is 1. The van der Waals surface area contributed by atoms with Gasteiger partial charge in [0.25, 0.3) is 5.92 Å². The molecule has 3 aliphatic heterocycles. The molecule has 27 heavy (non-hydrogen) atoms. The number of amidine groups is 2. The fourth-order valence-corrected chi connectivity index (χ4v) is 4.54. The highest BCUT2D eigenvalue weighted by Gasteiger charge is 2.47. The molecule has 0 amide bonds. The maximum atomic E-state index is 14.2. The minimum Gasteiger partial charge on any atom is -0.385 e. The number of hydrogen-bond donors (Lipinski definition) is 1. The second-order valence-corrected chi connectivity index (χ2v) is 8.16. The Balaban J connectivity index is 1.39. The lowest BCUT2D eigenvalue weighted by molar-refractivity contribution is 0.00451. The summed E-state index contributed by atoms with van der Waals surface area (Å²) < 4.78 is 28.4. The Kier molecular flexibility index (Phi) is 5.07. The van der Waals surface area contributed by atoms with Crippen molar-refractivity contribution in [3.05, 3.63) is 34.9 Å². The van der Waals surface area contributed by atoms with E-state index in [9.17, 15) is 8.78 Å². The lowest BCUT2D eigenvalue weighted by Gasteiger charge is -2.39. The van der Waals surface area contributed by atoms with Gasteiger partial charge < -0.3 is 10.6 Å². The van der Waals surface area contributed by atoms with E-state index in [0.29, 0.717) is 23.7 Å². The van der Waals surface area contributed by atoms with Crippen molar-refractivity contribution in [2.45, 2.75) is 50.1 Å². The van der Waals surface area contributed by atoms with Crippen LogP contribution >= 0.6 is 11.6 Å². The number of hydrogen-bond acceptors (Lipinski definition) is 5. The minimum absolute atomic E-state index is 0.0765. The standard InChI is InChI=1S/C19H24ClF2N5/c20-14-3-1-13(2-4-14)9-16-11-19(21,22)12-27(16)15-5-7-26(8-6-15)18-10-17(23)24-25-18/h1-4,15-16H,5-12H2,(H2,23,24)/t16-/m0/s1. The van der Waals surface area contributed by atoms with Crippen molar-refractivity contribution in [2.24, 2.45) is 15.9 Å². The molecule has 2 fully saturated rings. The molecular formula is C19H24ClF2N5. The van der Waals surface area contributed by atoms with Gasteiger partial charge in [0.2, 0.25) is 0 Å². The summed E-state index contributed by atoms with van der Waals surface area (Å²) in [6.45, 7) is 1.47. The van der Waals surface area contributed by atoms with Crippen molar-refractivity contribution in [3.63, 3.8) is 0 Å². The highest BCUT2D eigenvalue weighted by Crippen LogP contribution is 2.37. The summed E-state index contributed by atoms with van der Waals surface area (Å²) in [4.78, 5) is 4.22. The molecule has 5 nitrogen and oxygen atoms in total. The van der Waals surface area contributed by atoms with Gasteiger partial charge in [-0.25, -0.2) is 8.78 Å². The number of likely N-dealkylation sites (tertiary alicyclic amines) is 2. The Morgan fingerprint density at radius 2 is 1.85 bits per heavy atom.